The molecular weight excluding hydrogens is 437 g/mol. The van der Waals surface area contributed by atoms with Crippen LogP contribution in [0.5, 0.6) is 0 Å². The lowest BCUT2D eigenvalue weighted by molar-refractivity contribution is -0.195. The fraction of sp³-hybridized carbons (Fsp3) is 0.364. The summed E-state index contributed by atoms with van der Waals surface area (Å²) in [7, 11) is -3.96. The van der Waals surface area contributed by atoms with Gasteiger partial charge in [0, 0.05) is 0 Å². The summed E-state index contributed by atoms with van der Waals surface area (Å²) < 4.78 is 25.2. The Morgan fingerprint density at radius 3 is 1.97 bits per heavy atom. The molecule has 2 aromatic carbocycles. The van der Waals surface area contributed by atoms with E-state index in [4.69, 9.17) is 13.9 Å². The third-order valence-corrected chi connectivity index (χ3v) is 7.46. The van der Waals surface area contributed by atoms with Gasteiger partial charge in [-0.15, -0.1) is 0 Å². The number of carbonyl (C=O) groups is 2. The molecule has 0 spiro atoms. The molecule has 1 saturated heterocycles. The van der Waals surface area contributed by atoms with Gasteiger partial charge in [0.15, 0.2) is 11.9 Å². The van der Waals surface area contributed by atoms with Crippen LogP contribution < -0.4 is 0 Å². The predicted molar refractivity (Wildman–Crippen MR) is 115 cm³/mol. The van der Waals surface area contributed by atoms with E-state index in [-0.39, 0.29) is 13.2 Å². The lowest BCUT2D eigenvalue weighted by Gasteiger charge is -2.36. The van der Waals surface area contributed by atoms with Gasteiger partial charge in [0.05, 0.1) is 19.3 Å². The van der Waals surface area contributed by atoms with Gasteiger partial charge in [0.2, 0.25) is 0 Å². The Hall–Kier alpha value is -2.55. The highest BCUT2D eigenvalue weighted by molar-refractivity contribution is 7.54. The molecular formula is C22H26NO8P. The highest BCUT2D eigenvalue weighted by atomic mass is 31.2. The predicted octanol–water partition coefficient (Wildman–Crippen LogP) is 4.09. The Labute approximate surface area is 186 Å². The van der Waals surface area contributed by atoms with Gasteiger partial charge in [-0.2, -0.15) is 5.06 Å². The van der Waals surface area contributed by atoms with E-state index >= 15 is 0 Å². The fourth-order valence-corrected chi connectivity index (χ4v) is 5.99. The van der Waals surface area contributed by atoms with Crippen LogP contribution in [-0.4, -0.2) is 46.5 Å². The van der Waals surface area contributed by atoms with Gasteiger partial charge in [-0.25, -0.2) is 4.79 Å². The summed E-state index contributed by atoms with van der Waals surface area (Å²) in [5, 5.41) is 20.8. The van der Waals surface area contributed by atoms with Crippen LogP contribution in [0.2, 0.25) is 0 Å². The van der Waals surface area contributed by atoms with Crippen molar-refractivity contribution in [2.45, 2.75) is 31.8 Å². The summed E-state index contributed by atoms with van der Waals surface area (Å²) in [5.41, 5.74) is 0.984. The van der Waals surface area contributed by atoms with Crippen LogP contribution in [0.1, 0.15) is 36.8 Å². The van der Waals surface area contributed by atoms with Gasteiger partial charge < -0.3 is 19.3 Å². The van der Waals surface area contributed by atoms with Crippen molar-refractivity contribution < 1.29 is 38.3 Å². The van der Waals surface area contributed by atoms with Crippen molar-refractivity contribution in [1.29, 1.82) is 0 Å². The first kappa shape index (κ1) is 24.1. The molecule has 0 amide bonds. The number of hydroxylamine groups is 2. The Bertz CT molecular complexity index is 960. The standard InChI is InChI=1S/C22H26NO8P/c1-3-29-32(28,30-4-2)20(16-13-9-6-10-14-16)23-18(15-11-7-5-8-12-15)17(21(24)25)19(31-23)22(26)27/h5-14,17-20H,3-4H2,1-2H3,(H,24,25)(H,26,27)/t17-,18-,19+,20?/m0/s1. The zero-order valence-corrected chi connectivity index (χ0v) is 18.6. The summed E-state index contributed by atoms with van der Waals surface area (Å²) in [5.74, 6) is -5.43. The quantitative estimate of drug-likeness (QED) is 0.502. The van der Waals surface area contributed by atoms with Crippen LogP contribution in [0.4, 0.5) is 0 Å². The Balaban J connectivity index is 2.23. The van der Waals surface area contributed by atoms with Crippen molar-refractivity contribution in [1.82, 2.24) is 5.06 Å². The molecule has 0 aromatic heterocycles. The van der Waals surface area contributed by atoms with Crippen LogP contribution in [0.3, 0.4) is 0 Å². The summed E-state index contributed by atoms with van der Waals surface area (Å²) in [6, 6.07) is 16.1. The molecule has 0 saturated carbocycles. The molecule has 0 bridgehead atoms. The highest BCUT2D eigenvalue weighted by Crippen LogP contribution is 2.65. The van der Waals surface area contributed by atoms with Crippen molar-refractivity contribution in [3.8, 4) is 0 Å². The van der Waals surface area contributed by atoms with Crippen LogP contribution in [-0.2, 0) is 28.0 Å². The summed E-state index contributed by atoms with van der Waals surface area (Å²) in [6.07, 6.45) is -1.69. The van der Waals surface area contributed by atoms with Gasteiger partial charge in [-0.05, 0) is 25.0 Å². The second-order valence-corrected chi connectivity index (χ2v) is 9.19. The van der Waals surface area contributed by atoms with Gasteiger partial charge in [0.25, 0.3) is 0 Å². The average molecular weight is 463 g/mol. The second kappa shape index (κ2) is 10.4. The Morgan fingerprint density at radius 2 is 1.50 bits per heavy atom. The molecule has 0 aliphatic carbocycles. The number of aliphatic carboxylic acids is 2. The van der Waals surface area contributed by atoms with Gasteiger partial charge in [-0.1, -0.05) is 60.7 Å². The highest BCUT2D eigenvalue weighted by Gasteiger charge is 2.57. The average Bonchev–Trinajstić information content (AvgIpc) is 3.16. The molecule has 32 heavy (non-hydrogen) atoms. The molecule has 2 N–H and O–H groups in total. The lowest BCUT2D eigenvalue weighted by atomic mass is 9.89. The maximum atomic E-state index is 14.0. The molecule has 0 radical (unpaired) electrons. The maximum Gasteiger partial charge on any atom is 0.354 e. The number of carboxylic acid groups (broad SMARTS) is 2. The molecule has 9 nitrogen and oxygen atoms in total. The van der Waals surface area contributed by atoms with Crippen molar-refractivity contribution in [3.05, 3.63) is 71.8 Å². The Morgan fingerprint density at radius 1 is 0.969 bits per heavy atom. The first-order valence-corrected chi connectivity index (χ1v) is 11.8. The van der Waals surface area contributed by atoms with Gasteiger partial charge in [-0.3, -0.25) is 14.2 Å². The maximum absolute atomic E-state index is 14.0. The first-order chi connectivity index (χ1) is 15.3. The molecule has 10 heteroatoms. The van der Waals surface area contributed by atoms with E-state index < -0.39 is 43.4 Å². The van der Waals surface area contributed by atoms with E-state index in [0.717, 1.165) is 0 Å². The molecule has 4 atom stereocenters. The van der Waals surface area contributed by atoms with Gasteiger partial charge in [0.1, 0.15) is 5.92 Å². The molecule has 1 fully saturated rings. The molecule has 1 aliphatic rings. The Kier molecular flexibility index (Phi) is 7.82. The SMILES string of the molecule is CCOP(=O)(OCC)C(c1ccccc1)N1O[C@@H](C(=O)O)[C@@H](C(=O)O)[C@@H]1c1ccccc1. The minimum Gasteiger partial charge on any atom is -0.481 e. The van der Waals surface area contributed by atoms with E-state index in [1.807, 2.05) is 0 Å². The van der Waals surface area contributed by atoms with E-state index in [1.54, 1.807) is 74.5 Å². The molecule has 1 heterocycles. The first-order valence-electron chi connectivity index (χ1n) is 10.2. The second-order valence-electron chi connectivity index (χ2n) is 7.10. The summed E-state index contributed by atoms with van der Waals surface area (Å²) >= 11 is 0. The minimum absolute atomic E-state index is 0.0647. The lowest BCUT2D eigenvalue weighted by Crippen LogP contribution is -2.34. The van der Waals surface area contributed by atoms with Crippen LogP contribution in [0.25, 0.3) is 0 Å². The number of benzene rings is 2. The third kappa shape index (κ3) is 4.77. The van der Waals surface area contributed by atoms with E-state index in [2.05, 4.69) is 0 Å². The van der Waals surface area contributed by atoms with Crippen LogP contribution >= 0.6 is 7.60 Å². The largest absolute Gasteiger partial charge is 0.481 e. The number of hydrogen-bond acceptors (Lipinski definition) is 7. The summed E-state index contributed by atoms with van der Waals surface area (Å²) in [4.78, 5) is 29.9. The van der Waals surface area contributed by atoms with E-state index in [0.29, 0.717) is 11.1 Å². The van der Waals surface area contributed by atoms with Crippen molar-refractivity contribution in [2.24, 2.45) is 5.92 Å². The van der Waals surface area contributed by atoms with E-state index in [1.165, 1.54) is 5.06 Å². The van der Waals surface area contributed by atoms with Crippen molar-refractivity contribution in [3.63, 3.8) is 0 Å². The molecule has 2 aromatic rings. The smallest absolute Gasteiger partial charge is 0.354 e. The van der Waals surface area contributed by atoms with Crippen molar-refractivity contribution in [2.75, 3.05) is 13.2 Å². The van der Waals surface area contributed by atoms with Gasteiger partial charge >= 0.3 is 19.5 Å². The fourth-order valence-electron chi connectivity index (χ4n) is 3.90. The molecule has 3 rings (SSSR count). The monoisotopic (exact) mass is 463 g/mol. The number of hydrogen-bond donors (Lipinski definition) is 2. The van der Waals surface area contributed by atoms with Crippen LogP contribution in [0, 0.1) is 5.92 Å². The summed E-state index contributed by atoms with van der Waals surface area (Å²) in [6.45, 7) is 3.45. The number of carboxylic acids is 2. The number of nitrogens with zero attached hydrogens (tertiary/aromatic N) is 1. The minimum atomic E-state index is -3.96. The normalized spacial score (nSPS) is 22.5. The molecule has 1 aliphatic heterocycles. The van der Waals surface area contributed by atoms with E-state index in [9.17, 15) is 24.4 Å². The molecule has 1 unspecified atom stereocenters. The topological polar surface area (TPSA) is 123 Å². The van der Waals surface area contributed by atoms with Crippen LogP contribution in [0.15, 0.2) is 60.7 Å². The molecule has 172 valence electrons. The zero-order valence-electron chi connectivity index (χ0n) is 17.7. The zero-order chi connectivity index (χ0) is 23.3. The number of rotatable bonds is 10. The van der Waals surface area contributed by atoms with Crippen molar-refractivity contribution >= 4 is 19.5 Å². The third-order valence-electron chi connectivity index (χ3n) is 5.10.